The predicted octanol–water partition coefficient (Wildman–Crippen LogP) is 3.15. The highest BCUT2D eigenvalue weighted by Gasteiger charge is 2.13. The maximum atomic E-state index is 10.1. The number of isocyanates is 1. The van der Waals surface area contributed by atoms with Gasteiger partial charge in [-0.1, -0.05) is 17.7 Å². The first-order valence-corrected chi connectivity index (χ1v) is 4.62. The van der Waals surface area contributed by atoms with Crippen LogP contribution >= 0.6 is 0 Å². The minimum Gasteiger partial charge on any atom is -0.211 e. The first-order valence-electron chi connectivity index (χ1n) is 4.62. The number of hydrogen-bond acceptors (Lipinski definition) is 4. The Morgan fingerprint density at radius 2 is 1.80 bits per heavy atom. The Kier molecular flexibility index (Phi) is 3.47. The van der Waals surface area contributed by atoms with E-state index in [0.29, 0.717) is 0 Å². The lowest BCUT2D eigenvalue weighted by atomic mass is 10.2. The molecule has 1 aromatic rings. The van der Waals surface area contributed by atoms with Gasteiger partial charge in [0.1, 0.15) is 0 Å². The normalized spacial score (nSPS) is 11.4. The first-order chi connectivity index (χ1) is 7.03. The predicted molar refractivity (Wildman–Crippen MR) is 57.9 cm³/mol. The molecule has 0 N–H and O–H groups in total. The Labute approximate surface area is 88.8 Å². The van der Waals surface area contributed by atoms with E-state index in [-0.39, 0.29) is 0 Å². The number of hydrogen-bond donors (Lipinski definition) is 0. The lowest BCUT2D eigenvalue weighted by molar-refractivity contribution is 0.504. The summed E-state index contributed by atoms with van der Waals surface area (Å²) >= 11 is 0. The molecule has 0 atom stereocenters. The molecule has 0 saturated heterocycles. The van der Waals surface area contributed by atoms with Crippen molar-refractivity contribution in [3.05, 3.63) is 29.8 Å². The number of aliphatic imine (C=N–C) groups is 1. The van der Waals surface area contributed by atoms with E-state index in [1.54, 1.807) is 13.8 Å². The van der Waals surface area contributed by atoms with Crippen LogP contribution in [0.1, 0.15) is 19.4 Å². The van der Waals surface area contributed by atoms with E-state index in [2.05, 4.69) is 15.2 Å². The zero-order chi connectivity index (χ0) is 11.3. The second-order valence-corrected chi connectivity index (χ2v) is 3.73. The standard InChI is InChI=1S/C11H13N3O/c1-9-4-6-10(7-5-9)13-14-11(2,3)12-8-15/h4-7H,1-3H3. The van der Waals surface area contributed by atoms with Crippen molar-refractivity contribution in [3.8, 4) is 0 Å². The summed E-state index contributed by atoms with van der Waals surface area (Å²) in [6.07, 6.45) is 1.47. The van der Waals surface area contributed by atoms with Crippen LogP contribution in [0.2, 0.25) is 0 Å². The van der Waals surface area contributed by atoms with Gasteiger partial charge in [-0.15, -0.1) is 0 Å². The van der Waals surface area contributed by atoms with Gasteiger partial charge in [-0.25, -0.2) is 4.79 Å². The third kappa shape index (κ3) is 3.83. The van der Waals surface area contributed by atoms with E-state index in [4.69, 9.17) is 0 Å². The summed E-state index contributed by atoms with van der Waals surface area (Å²) < 4.78 is 0. The Bertz CT molecular complexity index is 400. The zero-order valence-corrected chi connectivity index (χ0v) is 9.06. The topological polar surface area (TPSA) is 54.1 Å². The summed E-state index contributed by atoms with van der Waals surface area (Å²) in [5, 5.41) is 7.93. The monoisotopic (exact) mass is 203 g/mol. The third-order valence-corrected chi connectivity index (χ3v) is 1.76. The van der Waals surface area contributed by atoms with Crippen molar-refractivity contribution in [1.29, 1.82) is 0 Å². The van der Waals surface area contributed by atoms with Crippen molar-refractivity contribution in [1.82, 2.24) is 0 Å². The highest BCUT2D eigenvalue weighted by Crippen LogP contribution is 2.17. The average Bonchev–Trinajstić information content (AvgIpc) is 2.17. The molecule has 0 unspecified atom stereocenters. The van der Waals surface area contributed by atoms with Crippen LogP contribution in [-0.4, -0.2) is 11.7 Å². The van der Waals surface area contributed by atoms with E-state index in [9.17, 15) is 4.79 Å². The van der Waals surface area contributed by atoms with Crippen LogP contribution in [0.5, 0.6) is 0 Å². The van der Waals surface area contributed by atoms with Crippen LogP contribution in [0.15, 0.2) is 39.5 Å². The van der Waals surface area contributed by atoms with Crippen molar-refractivity contribution < 1.29 is 4.79 Å². The number of nitrogens with zero attached hydrogens (tertiary/aromatic N) is 3. The average molecular weight is 203 g/mol. The maximum Gasteiger partial charge on any atom is 0.237 e. The lowest BCUT2D eigenvalue weighted by Crippen LogP contribution is -2.10. The van der Waals surface area contributed by atoms with Crippen molar-refractivity contribution in [2.75, 3.05) is 0 Å². The van der Waals surface area contributed by atoms with Crippen LogP contribution in [0.3, 0.4) is 0 Å². The molecule has 0 aliphatic rings. The van der Waals surface area contributed by atoms with Crippen molar-refractivity contribution in [2.45, 2.75) is 26.4 Å². The molecule has 0 saturated carbocycles. The molecule has 0 spiro atoms. The van der Waals surface area contributed by atoms with Crippen LogP contribution in [0.25, 0.3) is 0 Å². The molecular weight excluding hydrogens is 190 g/mol. The van der Waals surface area contributed by atoms with Crippen LogP contribution < -0.4 is 0 Å². The zero-order valence-electron chi connectivity index (χ0n) is 9.06. The molecule has 4 heteroatoms. The molecule has 4 nitrogen and oxygen atoms in total. The van der Waals surface area contributed by atoms with Crippen molar-refractivity contribution in [3.63, 3.8) is 0 Å². The largest absolute Gasteiger partial charge is 0.237 e. The molecule has 0 aliphatic heterocycles. The first kappa shape index (κ1) is 11.3. The lowest BCUT2D eigenvalue weighted by Gasteiger charge is -2.07. The maximum absolute atomic E-state index is 10.1. The van der Waals surface area contributed by atoms with Crippen molar-refractivity contribution in [2.24, 2.45) is 15.2 Å². The van der Waals surface area contributed by atoms with E-state index in [1.165, 1.54) is 11.6 Å². The summed E-state index contributed by atoms with van der Waals surface area (Å²) in [6.45, 7) is 5.38. The van der Waals surface area contributed by atoms with Crippen LogP contribution in [0, 0.1) is 6.92 Å². The second kappa shape index (κ2) is 4.62. The van der Waals surface area contributed by atoms with Gasteiger partial charge in [0.25, 0.3) is 0 Å². The molecule has 0 radical (unpaired) electrons. The fourth-order valence-corrected chi connectivity index (χ4v) is 0.926. The van der Waals surface area contributed by atoms with Gasteiger partial charge in [0, 0.05) is 0 Å². The molecule has 0 heterocycles. The smallest absolute Gasteiger partial charge is 0.211 e. The fourth-order valence-electron chi connectivity index (χ4n) is 0.926. The quantitative estimate of drug-likeness (QED) is 0.423. The van der Waals surface area contributed by atoms with Gasteiger partial charge in [-0.05, 0) is 32.9 Å². The van der Waals surface area contributed by atoms with E-state index >= 15 is 0 Å². The van der Waals surface area contributed by atoms with E-state index in [1.807, 2.05) is 31.2 Å². The Hall–Kier alpha value is -1.80. The number of benzene rings is 1. The molecule has 0 aromatic heterocycles. The molecule has 1 aromatic carbocycles. The summed E-state index contributed by atoms with van der Waals surface area (Å²) in [6, 6.07) is 7.62. The van der Waals surface area contributed by atoms with E-state index in [0.717, 1.165) is 5.69 Å². The molecule has 15 heavy (non-hydrogen) atoms. The highest BCUT2D eigenvalue weighted by atomic mass is 16.1. The van der Waals surface area contributed by atoms with Crippen LogP contribution in [-0.2, 0) is 4.79 Å². The van der Waals surface area contributed by atoms with Gasteiger partial charge in [0.2, 0.25) is 6.08 Å². The summed E-state index contributed by atoms with van der Waals surface area (Å²) in [4.78, 5) is 13.6. The number of aryl methyl sites for hydroxylation is 1. The fraction of sp³-hybridized carbons (Fsp3) is 0.364. The summed E-state index contributed by atoms with van der Waals surface area (Å²) in [5.41, 5.74) is 1.07. The molecule has 0 bridgehead atoms. The molecule has 78 valence electrons. The SMILES string of the molecule is Cc1ccc(N=NC(C)(C)N=C=O)cc1. The van der Waals surface area contributed by atoms with Gasteiger partial charge in [0.05, 0.1) is 5.69 Å². The Morgan fingerprint density at radius 1 is 1.20 bits per heavy atom. The molecule has 1 rings (SSSR count). The number of carbonyl (C=O) groups excluding carboxylic acids is 1. The molecule has 0 aliphatic carbocycles. The number of rotatable bonds is 3. The van der Waals surface area contributed by atoms with Gasteiger partial charge in [-0.2, -0.15) is 15.2 Å². The molecule has 0 fully saturated rings. The van der Waals surface area contributed by atoms with Gasteiger partial charge in [-0.3, -0.25) is 0 Å². The summed E-state index contributed by atoms with van der Waals surface area (Å²) in [5.74, 6) is 0. The number of azo groups is 1. The molecular formula is C11H13N3O. The minimum absolute atomic E-state index is 0.745. The molecule has 0 amide bonds. The van der Waals surface area contributed by atoms with E-state index < -0.39 is 5.66 Å². The van der Waals surface area contributed by atoms with Gasteiger partial charge >= 0.3 is 0 Å². The minimum atomic E-state index is -0.841. The summed E-state index contributed by atoms with van der Waals surface area (Å²) in [7, 11) is 0. The third-order valence-electron chi connectivity index (χ3n) is 1.76. The second-order valence-electron chi connectivity index (χ2n) is 3.73. The van der Waals surface area contributed by atoms with Crippen molar-refractivity contribution >= 4 is 11.8 Å². The van der Waals surface area contributed by atoms with Gasteiger partial charge in [0.15, 0.2) is 5.66 Å². The Balaban J connectivity index is 2.81. The van der Waals surface area contributed by atoms with Crippen LogP contribution in [0.4, 0.5) is 5.69 Å². The highest BCUT2D eigenvalue weighted by molar-refractivity contribution is 5.38. The Morgan fingerprint density at radius 3 is 2.33 bits per heavy atom. The van der Waals surface area contributed by atoms with Gasteiger partial charge < -0.3 is 0 Å².